The highest BCUT2D eigenvalue weighted by molar-refractivity contribution is 7.89. The molecule has 7 nitrogen and oxygen atoms in total. The fourth-order valence-corrected chi connectivity index (χ4v) is 6.58. The molecule has 2 aliphatic heterocycles. The van der Waals surface area contributed by atoms with E-state index in [4.69, 9.17) is 9.72 Å². The van der Waals surface area contributed by atoms with E-state index in [9.17, 15) is 13.2 Å². The molecule has 0 saturated carbocycles. The van der Waals surface area contributed by atoms with Gasteiger partial charge in [0.15, 0.2) is 0 Å². The molecular formula is C23H25N3O4S2. The van der Waals surface area contributed by atoms with Gasteiger partial charge in [0.25, 0.3) is 5.91 Å². The van der Waals surface area contributed by atoms with Gasteiger partial charge < -0.3 is 9.64 Å². The van der Waals surface area contributed by atoms with Gasteiger partial charge in [-0.05, 0) is 56.0 Å². The number of likely N-dealkylation sites (tertiary alicyclic amines) is 1. The van der Waals surface area contributed by atoms with E-state index < -0.39 is 10.0 Å². The van der Waals surface area contributed by atoms with Crippen LogP contribution in [0.3, 0.4) is 0 Å². The molecule has 32 heavy (non-hydrogen) atoms. The van der Waals surface area contributed by atoms with E-state index in [1.54, 1.807) is 23.5 Å². The number of hydrogen-bond acceptors (Lipinski definition) is 6. The molecule has 9 heteroatoms. The Balaban J connectivity index is 1.35. The van der Waals surface area contributed by atoms with Crippen molar-refractivity contribution in [1.82, 2.24) is 14.6 Å². The molecule has 0 spiro atoms. The van der Waals surface area contributed by atoms with Crippen LogP contribution in [-0.4, -0.2) is 50.0 Å². The van der Waals surface area contributed by atoms with Crippen LogP contribution >= 0.6 is 11.3 Å². The van der Waals surface area contributed by atoms with E-state index in [2.05, 4.69) is 4.72 Å². The Kier molecular flexibility index (Phi) is 5.98. The molecule has 1 N–H and O–H groups in total. The molecule has 0 unspecified atom stereocenters. The normalized spacial score (nSPS) is 21.4. The van der Waals surface area contributed by atoms with Gasteiger partial charge in [-0.3, -0.25) is 4.79 Å². The third-order valence-corrected chi connectivity index (χ3v) is 8.58. The molecule has 0 bridgehead atoms. The van der Waals surface area contributed by atoms with Gasteiger partial charge in [-0.25, -0.2) is 18.1 Å². The predicted molar refractivity (Wildman–Crippen MR) is 123 cm³/mol. The van der Waals surface area contributed by atoms with Crippen LogP contribution in [0.4, 0.5) is 0 Å². The lowest BCUT2D eigenvalue weighted by molar-refractivity contribution is 0.0735. The molecule has 168 valence electrons. The number of nitrogens with one attached hydrogen (secondary N) is 1. The van der Waals surface area contributed by atoms with Crippen molar-refractivity contribution in [3.8, 4) is 0 Å². The van der Waals surface area contributed by atoms with Gasteiger partial charge in [0.05, 0.1) is 27.3 Å². The molecule has 2 saturated heterocycles. The molecule has 1 aromatic heterocycles. The Labute approximate surface area is 191 Å². The van der Waals surface area contributed by atoms with Crippen LogP contribution in [0.1, 0.15) is 47.1 Å². The van der Waals surface area contributed by atoms with Crippen molar-refractivity contribution in [3.05, 3.63) is 59.1 Å². The summed E-state index contributed by atoms with van der Waals surface area (Å²) in [7, 11) is -3.72. The number of ether oxygens (including phenoxy) is 1. The van der Waals surface area contributed by atoms with E-state index in [1.165, 1.54) is 12.1 Å². The van der Waals surface area contributed by atoms with Crippen molar-refractivity contribution in [1.29, 1.82) is 0 Å². The minimum atomic E-state index is -3.72. The summed E-state index contributed by atoms with van der Waals surface area (Å²) in [5, 5.41) is 0.930. The quantitative estimate of drug-likeness (QED) is 0.592. The maximum Gasteiger partial charge on any atom is 0.254 e. The Morgan fingerprint density at radius 1 is 1.16 bits per heavy atom. The van der Waals surface area contributed by atoms with Crippen LogP contribution in [-0.2, 0) is 14.8 Å². The van der Waals surface area contributed by atoms with Crippen LogP contribution in [0.5, 0.6) is 0 Å². The molecular weight excluding hydrogens is 446 g/mol. The summed E-state index contributed by atoms with van der Waals surface area (Å²) in [4.78, 5) is 20.0. The first-order valence-electron chi connectivity index (χ1n) is 10.9. The number of hydrogen-bond donors (Lipinski definition) is 1. The number of thiazole rings is 1. The van der Waals surface area contributed by atoms with Crippen LogP contribution in [0.25, 0.3) is 10.2 Å². The minimum absolute atomic E-state index is 0.0854. The van der Waals surface area contributed by atoms with Crippen LogP contribution in [0.2, 0.25) is 0 Å². The molecule has 3 aromatic rings. The van der Waals surface area contributed by atoms with Crippen molar-refractivity contribution in [2.45, 2.75) is 42.7 Å². The second kappa shape index (κ2) is 8.90. The van der Waals surface area contributed by atoms with Crippen molar-refractivity contribution in [3.63, 3.8) is 0 Å². The predicted octanol–water partition coefficient (Wildman–Crippen LogP) is 3.73. The highest BCUT2D eigenvalue weighted by Gasteiger charge is 2.33. The molecule has 2 aromatic carbocycles. The molecule has 2 fully saturated rings. The van der Waals surface area contributed by atoms with Gasteiger partial charge in [0, 0.05) is 25.3 Å². The summed E-state index contributed by atoms with van der Waals surface area (Å²) in [6, 6.07) is 14.2. The maximum absolute atomic E-state index is 13.4. The number of aromatic nitrogens is 1. The zero-order valence-corrected chi connectivity index (χ0v) is 19.2. The molecule has 0 aliphatic carbocycles. The molecule has 2 atom stereocenters. The number of carbonyl (C=O) groups is 1. The number of benzene rings is 2. The third kappa shape index (κ3) is 4.30. The van der Waals surface area contributed by atoms with Gasteiger partial charge in [0.2, 0.25) is 10.0 Å². The highest BCUT2D eigenvalue weighted by Crippen LogP contribution is 2.37. The number of carbonyl (C=O) groups excluding carboxylic acids is 1. The third-order valence-electron chi connectivity index (χ3n) is 6.03. The monoisotopic (exact) mass is 471 g/mol. The Bertz CT molecular complexity index is 1200. The highest BCUT2D eigenvalue weighted by atomic mass is 32.2. The zero-order chi connectivity index (χ0) is 22.1. The van der Waals surface area contributed by atoms with Gasteiger partial charge in [0.1, 0.15) is 5.01 Å². The minimum Gasteiger partial charge on any atom is -0.377 e. The van der Waals surface area contributed by atoms with Gasteiger partial charge in [-0.1, -0.05) is 18.2 Å². The SMILES string of the molecule is O=C(c1cccc(S(=O)(=O)NC[C@@H]2CCCO2)c1)N1CCC[C@H]1c1nc2ccccc2s1. The van der Waals surface area contributed by atoms with E-state index in [0.29, 0.717) is 18.7 Å². The summed E-state index contributed by atoms with van der Waals surface area (Å²) >= 11 is 1.61. The summed E-state index contributed by atoms with van der Waals surface area (Å²) in [5.74, 6) is -0.164. The van der Waals surface area contributed by atoms with Crippen molar-refractivity contribution in [2.75, 3.05) is 19.7 Å². The first-order chi connectivity index (χ1) is 15.5. The molecule has 0 radical (unpaired) electrons. The van der Waals surface area contributed by atoms with E-state index in [0.717, 1.165) is 40.9 Å². The first-order valence-corrected chi connectivity index (χ1v) is 13.2. The lowest BCUT2D eigenvalue weighted by atomic mass is 10.1. The standard InChI is InChI=1S/C23H25N3O4S2/c27-23(26-12-4-10-20(26)22-25-19-9-1-2-11-21(19)31-22)16-6-3-8-18(14-16)32(28,29)24-15-17-7-5-13-30-17/h1-3,6,8-9,11,14,17,20,24H,4-5,7,10,12-13,15H2/t17-,20-/m0/s1. The van der Waals surface area contributed by atoms with Crippen molar-refractivity contribution in [2.24, 2.45) is 0 Å². The average molecular weight is 472 g/mol. The molecule has 2 aliphatic rings. The maximum atomic E-state index is 13.4. The van der Waals surface area contributed by atoms with Crippen molar-refractivity contribution >= 4 is 37.5 Å². The second-order valence-electron chi connectivity index (χ2n) is 8.19. The zero-order valence-electron chi connectivity index (χ0n) is 17.6. The topological polar surface area (TPSA) is 88.6 Å². The van der Waals surface area contributed by atoms with Crippen molar-refractivity contribution < 1.29 is 17.9 Å². The largest absolute Gasteiger partial charge is 0.377 e. The Morgan fingerprint density at radius 2 is 2.03 bits per heavy atom. The van der Waals surface area contributed by atoms with E-state index in [1.807, 2.05) is 29.2 Å². The van der Waals surface area contributed by atoms with Crippen LogP contribution in [0.15, 0.2) is 53.4 Å². The number of rotatable bonds is 6. The second-order valence-corrected chi connectivity index (χ2v) is 11.0. The number of amides is 1. The summed E-state index contributed by atoms with van der Waals surface area (Å²) < 4.78 is 34.8. The van der Waals surface area contributed by atoms with Gasteiger partial charge >= 0.3 is 0 Å². The number of fused-ring (bicyclic) bond motifs is 1. The smallest absolute Gasteiger partial charge is 0.254 e. The molecule has 1 amide bonds. The van der Waals surface area contributed by atoms with E-state index >= 15 is 0 Å². The Morgan fingerprint density at radius 3 is 2.84 bits per heavy atom. The fourth-order valence-electron chi connectivity index (χ4n) is 4.35. The van der Waals surface area contributed by atoms with Gasteiger partial charge in [-0.15, -0.1) is 11.3 Å². The summed E-state index contributed by atoms with van der Waals surface area (Å²) in [6.45, 7) is 1.54. The molecule has 3 heterocycles. The van der Waals surface area contributed by atoms with Gasteiger partial charge in [-0.2, -0.15) is 0 Å². The lowest BCUT2D eigenvalue weighted by Gasteiger charge is -2.23. The number of sulfonamides is 1. The van der Waals surface area contributed by atoms with Crippen LogP contribution in [0, 0.1) is 0 Å². The fraction of sp³-hybridized carbons (Fsp3) is 0.391. The lowest BCUT2D eigenvalue weighted by Crippen LogP contribution is -2.32. The summed E-state index contributed by atoms with van der Waals surface area (Å²) in [5.41, 5.74) is 1.32. The number of nitrogens with zero attached hydrogens (tertiary/aromatic N) is 2. The molecule has 5 rings (SSSR count). The Hall–Kier alpha value is -2.33. The number of para-hydroxylation sites is 1. The first kappa shape index (κ1) is 21.5. The average Bonchev–Trinajstić information content (AvgIpc) is 3.57. The summed E-state index contributed by atoms with van der Waals surface area (Å²) in [6.07, 6.45) is 3.46. The van der Waals surface area contributed by atoms with E-state index in [-0.39, 0.29) is 29.5 Å². The van der Waals surface area contributed by atoms with Crippen LogP contribution < -0.4 is 4.72 Å².